The maximum Gasteiger partial charge on any atom is 0.245 e. The van der Waals surface area contributed by atoms with Gasteiger partial charge in [-0.05, 0) is 40.6 Å². The molecule has 0 amide bonds. The molecule has 2 aromatic heterocycles. The predicted molar refractivity (Wildman–Crippen MR) is 108 cm³/mol. The van der Waals surface area contributed by atoms with Crippen molar-refractivity contribution >= 4 is 46.4 Å². The molecule has 0 radical (unpaired) electrons. The Kier molecular flexibility index (Phi) is 5.08. The summed E-state index contributed by atoms with van der Waals surface area (Å²) in [5.41, 5.74) is 4.38. The van der Waals surface area contributed by atoms with Crippen LogP contribution in [-0.2, 0) is 0 Å². The number of hydrogen-bond donors (Lipinski definition) is 3. The van der Waals surface area contributed by atoms with Crippen LogP contribution in [0.5, 0.6) is 11.5 Å². The molecule has 0 unspecified atom stereocenters. The summed E-state index contributed by atoms with van der Waals surface area (Å²) in [7, 11) is 1.47. The van der Waals surface area contributed by atoms with Crippen LogP contribution in [0.15, 0.2) is 52.2 Å². The third kappa shape index (κ3) is 4.01. The number of rotatable bonds is 6. The Morgan fingerprint density at radius 2 is 1.86 bits per heavy atom. The molecule has 0 saturated carbocycles. The number of nitrogens with zero attached hydrogens (tertiary/aromatic N) is 5. The average Bonchev–Trinajstić information content (AvgIpc) is 3.16. The van der Waals surface area contributed by atoms with E-state index >= 15 is 0 Å². The number of anilines is 3. The Bertz CT molecular complexity index is 1200. The molecular weight excluding hydrogens is 398 g/mol. The van der Waals surface area contributed by atoms with Gasteiger partial charge in [-0.2, -0.15) is 10.1 Å². The molecule has 0 aliphatic rings. The molecule has 29 heavy (non-hydrogen) atoms. The van der Waals surface area contributed by atoms with E-state index in [1.54, 1.807) is 36.4 Å². The summed E-state index contributed by atoms with van der Waals surface area (Å²) in [5, 5.41) is 25.3. The van der Waals surface area contributed by atoms with Crippen LogP contribution < -0.4 is 15.5 Å². The van der Waals surface area contributed by atoms with E-state index in [0.717, 1.165) is 0 Å². The smallest absolute Gasteiger partial charge is 0.245 e. The molecule has 2 heterocycles. The number of aromatic hydroxyl groups is 1. The predicted octanol–water partition coefficient (Wildman–Crippen LogP) is 3.57. The third-order valence-corrected chi connectivity index (χ3v) is 4.06. The lowest BCUT2D eigenvalue weighted by Crippen LogP contribution is -2.03. The molecule has 11 heteroatoms. The van der Waals surface area contributed by atoms with E-state index in [4.69, 9.17) is 16.3 Å². The van der Waals surface area contributed by atoms with Crippen molar-refractivity contribution in [2.45, 2.75) is 0 Å². The maximum atomic E-state index is 10.1. The second-order valence-electron chi connectivity index (χ2n) is 5.74. The van der Waals surface area contributed by atoms with E-state index in [0.29, 0.717) is 27.8 Å². The lowest BCUT2D eigenvalue weighted by Gasteiger charge is -2.09. The maximum absolute atomic E-state index is 10.1. The van der Waals surface area contributed by atoms with Crippen LogP contribution in [0.3, 0.4) is 0 Å². The van der Waals surface area contributed by atoms with Gasteiger partial charge in [0.15, 0.2) is 23.1 Å². The molecule has 146 valence electrons. The first-order valence-electron chi connectivity index (χ1n) is 8.32. The number of methoxy groups -OCH3 is 1. The van der Waals surface area contributed by atoms with Crippen LogP contribution in [0.25, 0.3) is 11.3 Å². The van der Waals surface area contributed by atoms with Gasteiger partial charge in [-0.3, -0.25) is 5.43 Å². The first-order valence-corrected chi connectivity index (χ1v) is 8.70. The summed E-state index contributed by atoms with van der Waals surface area (Å²) in [6, 6.07) is 12.2. The van der Waals surface area contributed by atoms with Gasteiger partial charge in [-0.1, -0.05) is 23.7 Å². The van der Waals surface area contributed by atoms with Crippen LogP contribution in [-0.4, -0.2) is 38.7 Å². The van der Waals surface area contributed by atoms with Gasteiger partial charge < -0.3 is 15.2 Å². The van der Waals surface area contributed by atoms with Gasteiger partial charge in [0.2, 0.25) is 11.3 Å². The minimum absolute atomic E-state index is 0.0277. The van der Waals surface area contributed by atoms with Crippen molar-refractivity contribution in [3.05, 3.63) is 53.1 Å². The molecular formula is C18H14ClN7O3. The minimum atomic E-state index is -0.0277. The lowest BCUT2D eigenvalue weighted by molar-refractivity contribution is 0.314. The molecule has 0 spiro atoms. The van der Waals surface area contributed by atoms with E-state index in [-0.39, 0.29) is 22.9 Å². The number of para-hydroxylation sites is 1. The lowest BCUT2D eigenvalue weighted by atomic mass is 10.2. The van der Waals surface area contributed by atoms with Crippen LogP contribution in [0.2, 0.25) is 5.02 Å². The van der Waals surface area contributed by atoms with Gasteiger partial charge in [0.05, 0.1) is 13.3 Å². The summed E-state index contributed by atoms with van der Waals surface area (Å²) >= 11 is 6.03. The molecule has 0 fully saturated rings. The van der Waals surface area contributed by atoms with E-state index in [2.05, 4.69) is 40.8 Å². The summed E-state index contributed by atoms with van der Waals surface area (Å²) in [6.45, 7) is 0. The summed E-state index contributed by atoms with van der Waals surface area (Å²) < 4.78 is 9.76. The average molecular weight is 412 g/mol. The zero-order valence-corrected chi connectivity index (χ0v) is 15.8. The highest BCUT2D eigenvalue weighted by molar-refractivity contribution is 6.30. The Morgan fingerprint density at radius 1 is 1.10 bits per heavy atom. The van der Waals surface area contributed by atoms with Gasteiger partial charge in [0, 0.05) is 16.3 Å². The molecule has 2 aromatic carbocycles. The minimum Gasteiger partial charge on any atom is -0.504 e. The highest BCUT2D eigenvalue weighted by atomic mass is 35.5. The van der Waals surface area contributed by atoms with Gasteiger partial charge in [-0.15, -0.1) is 0 Å². The topological polar surface area (TPSA) is 131 Å². The standard InChI is InChI=1S/C18H14ClN7O3/c1-28-13-7-2-4-10(14(13)27)9-20-24-16-15(21-12-6-3-5-11(19)8-12)22-17-18(23-16)26-29-25-17/h2-9,27H,1H3,(H,21,22,25)(H,23,24,26). The fraction of sp³-hybridized carbons (Fsp3) is 0.0556. The summed E-state index contributed by atoms with van der Waals surface area (Å²) in [4.78, 5) is 8.64. The fourth-order valence-corrected chi connectivity index (χ4v) is 2.67. The number of fused-ring (bicyclic) bond motifs is 1. The summed E-state index contributed by atoms with van der Waals surface area (Å²) in [5.74, 6) is 0.918. The first-order chi connectivity index (χ1) is 14.1. The molecule has 0 atom stereocenters. The second-order valence-corrected chi connectivity index (χ2v) is 6.17. The van der Waals surface area contributed by atoms with Crippen LogP contribution in [0.1, 0.15) is 5.56 Å². The van der Waals surface area contributed by atoms with Crippen LogP contribution in [0.4, 0.5) is 17.3 Å². The molecule has 0 bridgehead atoms. The molecule has 0 saturated heterocycles. The van der Waals surface area contributed by atoms with Gasteiger partial charge in [0.25, 0.3) is 0 Å². The Morgan fingerprint density at radius 3 is 2.62 bits per heavy atom. The number of benzene rings is 2. The monoisotopic (exact) mass is 411 g/mol. The number of halogens is 1. The third-order valence-electron chi connectivity index (χ3n) is 3.83. The number of hydrazone groups is 1. The SMILES string of the molecule is COc1cccc(C=NNc2nc3nonc3nc2Nc2cccc(Cl)c2)c1O. The molecule has 4 aromatic rings. The second kappa shape index (κ2) is 7.98. The number of aromatic nitrogens is 4. The van der Waals surface area contributed by atoms with E-state index in [1.807, 2.05) is 6.07 Å². The van der Waals surface area contributed by atoms with Gasteiger partial charge in [-0.25, -0.2) is 9.61 Å². The molecule has 3 N–H and O–H groups in total. The molecule has 10 nitrogen and oxygen atoms in total. The van der Waals surface area contributed by atoms with Crippen LogP contribution in [0, 0.1) is 0 Å². The number of nitrogens with one attached hydrogen (secondary N) is 2. The zero-order chi connectivity index (χ0) is 20.2. The number of phenolic OH excluding ortho intramolecular Hbond substituents is 1. The largest absolute Gasteiger partial charge is 0.504 e. The Balaban J connectivity index is 1.64. The number of phenols is 1. The number of hydrogen-bond acceptors (Lipinski definition) is 10. The Hall–Kier alpha value is -3.92. The summed E-state index contributed by atoms with van der Waals surface area (Å²) in [6.07, 6.45) is 1.42. The molecule has 0 aliphatic heterocycles. The molecule has 4 rings (SSSR count). The van der Waals surface area contributed by atoms with E-state index < -0.39 is 0 Å². The highest BCUT2D eigenvalue weighted by Gasteiger charge is 2.13. The van der Waals surface area contributed by atoms with Crippen molar-refractivity contribution in [3.63, 3.8) is 0 Å². The molecule has 0 aliphatic carbocycles. The van der Waals surface area contributed by atoms with Gasteiger partial charge >= 0.3 is 0 Å². The first kappa shape index (κ1) is 18.4. The van der Waals surface area contributed by atoms with Crippen molar-refractivity contribution in [1.82, 2.24) is 20.3 Å². The van der Waals surface area contributed by atoms with Crippen molar-refractivity contribution in [2.75, 3.05) is 17.9 Å². The van der Waals surface area contributed by atoms with E-state index in [9.17, 15) is 5.11 Å². The van der Waals surface area contributed by atoms with Crippen molar-refractivity contribution < 1.29 is 14.5 Å². The van der Waals surface area contributed by atoms with Crippen molar-refractivity contribution in [2.24, 2.45) is 5.10 Å². The Labute approximate surface area is 169 Å². The fourth-order valence-electron chi connectivity index (χ4n) is 2.48. The number of ether oxygens (including phenoxy) is 1. The zero-order valence-electron chi connectivity index (χ0n) is 15.0. The normalized spacial score (nSPS) is 11.1. The van der Waals surface area contributed by atoms with Crippen molar-refractivity contribution in [1.29, 1.82) is 0 Å². The van der Waals surface area contributed by atoms with E-state index in [1.165, 1.54) is 13.3 Å². The van der Waals surface area contributed by atoms with Crippen molar-refractivity contribution in [3.8, 4) is 11.5 Å². The quantitative estimate of drug-likeness (QED) is 0.322. The van der Waals surface area contributed by atoms with Crippen LogP contribution >= 0.6 is 11.6 Å². The highest BCUT2D eigenvalue weighted by Crippen LogP contribution is 2.28. The van der Waals surface area contributed by atoms with Gasteiger partial charge in [0.1, 0.15) is 0 Å².